The quantitative estimate of drug-likeness (QED) is 0.841. The van der Waals surface area contributed by atoms with E-state index in [1.807, 2.05) is 0 Å². The molecule has 114 valence electrons. The molecule has 0 amide bonds. The van der Waals surface area contributed by atoms with Crippen LogP contribution in [0.25, 0.3) is 0 Å². The van der Waals surface area contributed by atoms with Crippen LogP contribution in [-0.4, -0.2) is 22.6 Å². The van der Waals surface area contributed by atoms with E-state index in [4.69, 9.17) is 4.98 Å². The van der Waals surface area contributed by atoms with Gasteiger partial charge in [0.1, 0.15) is 17.5 Å². The van der Waals surface area contributed by atoms with Gasteiger partial charge in [0.15, 0.2) is 0 Å². The molecule has 4 nitrogen and oxygen atoms in total. The fraction of sp³-hybridized carbons (Fsp3) is 0.500. The zero-order chi connectivity index (χ0) is 15.2. The molecule has 0 aliphatic carbocycles. The molecule has 2 heterocycles. The molecule has 0 saturated heterocycles. The number of thiophene rings is 1. The molecule has 5 heteroatoms. The Balaban J connectivity index is 2.32. The number of rotatable bonds is 7. The van der Waals surface area contributed by atoms with Crippen LogP contribution in [-0.2, 0) is 13.0 Å². The van der Waals surface area contributed by atoms with E-state index in [1.54, 1.807) is 11.3 Å². The minimum atomic E-state index is 0.390. The van der Waals surface area contributed by atoms with E-state index in [9.17, 15) is 0 Å². The molecule has 0 atom stereocenters. The number of aromatic nitrogens is 2. The van der Waals surface area contributed by atoms with Gasteiger partial charge >= 0.3 is 0 Å². The highest BCUT2D eigenvalue weighted by Crippen LogP contribution is 2.22. The van der Waals surface area contributed by atoms with Crippen molar-refractivity contribution < 1.29 is 0 Å². The predicted molar refractivity (Wildman–Crippen MR) is 91.2 cm³/mol. The minimum absolute atomic E-state index is 0.390. The third-order valence-corrected chi connectivity index (χ3v) is 4.12. The standard InChI is InChI=1S/C16H24N4S/c1-5-14-18-15(17-6-2)10-16(19-14)20(12(3)4)11-13-8-7-9-21-13/h7-10,12H,5-6,11H2,1-4H3,(H,17,18,19). The van der Waals surface area contributed by atoms with Crippen molar-refractivity contribution in [3.8, 4) is 0 Å². The molecule has 0 aromatic carbocycles. The fourth-order valence-corrected chi connectivity index (χ4v) is 2.86. The van der Waals surface area contributed by atoms with Crippen LogP contribution in [0.4, 0.5) is 11.6 Å². The summed E-state index contributed by atoms with van der Waals surface area (Å²) in [4.78, 5) is 12.9. The van der Waals surface area contributed by atoms with Crippen molar-refractivity contribution in [2.75, 3.05) is 16.8 Å². The molecule has 2 aromatic heterocycles. The molecular formula is C16H24N4S. The van der Waals surface area contributed by atoms with Crippen molar-refractivity contribution in [1.29, 1.82) is 0 Å². The van der Waals surface area contributed by atoms with Crippen LogP contribution < -0.4 is 10.2 Å². The van der Waals surface area contributed by atoms with Crippen molar-refractivity contribution in [3.05, 3.63) is 34.3 Å². The monoisotopic (exact) mass is 304 g/mol. The lowest BCUT2D eigenvalue weighted by atomic mass is 10.3. The summed E-state index contributed by atoms with van der Waals surface area (Å²) in [6.07, 6.45) is 0.844. The van der Waals surface area contributed by atoms with E-state index in [-0.39, 0.29) is 0 Å². The summed E-state index contributed by atoms with van der Waals surface area (Å²) in [5.41, 5.74) is 0. The Morgan fingerprint density at radius 3 is 2.67 bits per heavy atom. The Morgan fingerprint density at radius 2 is 2.10 bits per heavy atom. The summed E-state index contributed by atoms with van der Waals surface area (Å²) in [7, 11) is 0. The maximum atomic E-state index is 4.72. The van der Waals surface area contributed by atoms with Gasteiger partial charge in [-0.05, 0) is 32.2 Å². The first-order valence-corrected chi connectivity index (χ1v) is 8.42. The molecule has 0 saturated carbocycles. The molecule has 0 aliphatic rings. The van der Waals surface area contributed by atoms with Crippen molar-refractivity contribution in [1.82, 2.24) is 9.97 Å². The molecule has 0 spiro atoms. The summed E-state index contributed by atoms with van der Waals surface area (Å²) >= 11 is 1.79. The average Bonchev–Trinajstić information content (AvgIpc) is 2.97. The van der Waals surface area contributed by atoms with E-state index >= 15 is 0 Å². The van der Waals surface area contributed by atoms with Crippen LogP contribution in [0.1, 0.15) is 38.4 Å². The van der Waals surface area contributed by atoms with Crippen LogP contribution in [0.3, 0.4) is 0 Å². The van der Waals surface area contributed by atoms with Gasteiger partial charge in [-0.25, -0.2) is 9.97 Å². The zero-order valence-corrected chi connectivity index (χ0v) is 14.1. The van der Waals surface area contributed by atoms with Gasteiger partial charge < -0.3 is 10.2 Å². The second kappa shape index (κ2) is 7.41. The molecule has 0 radical (unpaired) electrons. The summed E-state index contributed by atoms with van der Waals surface area (Å²) in [5, 5.41) is 5.42. The summed E-state index contributed by atoms with van der Waals surface area (Å²) < 4.78 is 0. The number of hydrogen-bond acceptors (Lipinski definition) is 5. The number of nitrogens with zero attached hydrogens (tertiary/aromatic N) is 3. The first-order valence-electron chi connectivity index (χ1n) is 7.54. The Labute approximate surface area is 131 Å². The van der Waals surface area contributed by atoms with Gasteiger partial charge in [-0.3, -0.25) is 0 Å². The highest BCUT2D eigenvalue weighted by Gasteiger charge is 2.15. The second-order valence-corrected chi connectivity index (χ2v) is 6.24. The SMILES string of the molecule is CCNc1cc(N(Cc2cccs2)C(C)C)nc(CC)n1. The normalized spacial score (nSPS) is 10.9. The van der Waals surface area contributed by atoms with Gasteiger partial charge in [0, 0.05) is 30.0 Å². The van der Waals surface area contributed by atoms with Crippen molar-refractivity contribution in [2.24, 2.45) is 0 Å². The minimum Gasteiger partial charge on any atom is -0.370 e. The average molecular weight is 304 g/mol. The summed E-state index contributed by atoms with van der Waals surface area (Å²) in [6, 6.07) is 6.71. The first kappa shape index (κ1) is 15.8. The topological polar surface area (TPSA) is 41.0 Å². The molecule has 2 rings (SSSR count). The largest absolute Gasteiger partial charge is 0.370 e. The lowest BCUT2D eigenvalue weighted by molar-refractivity contribution is 0.672. The third-order valence-electron chi connectivity index (χ3n) is 3.26. The van der Waals surface area contributed by atoms with E-state index in [2.05, 4.69) is 66.5 Å². The van der Waals surface area contributed by atoms with Gasteiger partial charge in [0.2, 0.25) is 0 Å². The van der Waals surface area contributed by atoms with Crippen LogP contribution in [0.5, 0.6) is 0 Å². The highest BCUT2D eigenvalue weighted by atomic mass is 32.1. The Hall–Kier alpha value is -1.62. The van der Waals surface area contributed by atoms with Crippen molar-refractivity contribution >= 4 is 23.0 Å². The van der Waals surface area contributed by atoms with Gasteiger partial charge in [-0.15, -0.1) is 11.3 Å². The molecule has 0 fully saturated rings. The van der Waals surface area contributed by atoms with Gasteiger partial charge in [-0.1, -0.05) is 13.0 Å². The second-order valence-electron chi connectivity index (χ2n) is 5.21. The van der Waals surface area contributed by atoms with Crippen LogP contribution >= 0.6 is 11.3 Å². The molecule has 1 N–H and O–H groups in total. The summed E-state index contributed by atoms with van der Waals surface area (Å²) in [5.74, 6) is 2.80. The van der Waals surface area contributed by atoms with Crippen LogP contribution in [0, 0.1) is 0 Å². The first-order chi connectivity index (χ1) is 10.1. The molecule has 2 aromatic rings. The molecule has 0 bridgehead atoms. The molecule has 21 heavy (non-hydrogen) atoms. The number of aryl methyl sites for hydroxylation is 1. The van der Waals surface area contributed by atoms with Crippen molar-refractivity contribution in [3.63, 3.8) is 0 Å². The fourth-order valence-electron chi connectivity index (χ4n) is 2.16. The van der Waals surface area contributed by atoms with E-state index in [0.29, 0.717) is 6.04 Å². The number of hydrogen-bond donors (Lipinski definition) is 1. The van der Waals surface area contributed by atoms with Crippen molar-refractivity contribution in [2.45, 2.75) is 46.7 Å². The Morgan fingerprint density at radius 1 is 1.29 bits per heavy atom. The van der Waals surface area contributed by atoms with Crippen LogP contribution in [0.15, 0.2) is 23.6 Å². The van der Waals surface area contributed by atoms with Gasteiger partial charge in [0.25, 0.3) is 0 Å². The molecule has 0 aliphatic heterocycles. The lowest BCUT2D eigenvalue weighted by Crippen LogP contribution is -2.31. The Kier molecular flexibility index (Phi) is 5.56. The number of nitrogens with one attached hydrogen (secondary N) is 1. The number of anilines is 2. The smallest absolute Gasteiger partial charge is 0.134 e. The highest BCUT2D eigenvalue weighted by molar-refractivity contribution is 7.09. The summed E-state index contributed by atoms with van der Waals surface area (Å²) in [6.45, 7) is 10.3. The molecular weight excluding hydrogens is 280 g/mol. The van der Waals surface area contributed by atoms with Gasteiger partial charge in [-0.2, -0.15) is 0 Å². The Bertz CT molecular complexity index is 551. The third kappa shape index (κ3) is 4.17. The maximum absolute atomic E-state index is 4.72. The van der Waals surface area contributed by atoms with Gasteiger partial charge in [0.05, 0.1) is 6.54 Å². The van der Waals surface area contributed by atoms with Crippen LogP contribution in [0.2, 0.25) is 0 Å². The zero-order valence-electron chi connectivity index (χ0n) is 13.3. The lowest BCUT2D eigenvalue weighted by Gasteiger charge is -2.28. The predicted octanol–water partition coefficient (Wildman–Crippen LogP) is 3.95. The maximum Gasteiger partial charge on any atom is 0.134 e. The van der Waals surface area contributed by atoms with E-state index in [1.165, 1.54) is 4.88 Å². The van der Waals surface area contributed by atoms with E-state index in [0.717, 1.165) is 37.0 Å². The molecule has 0 unspecified atom stereocenters. The van der Waals surface area contributed by atoms with E-state index < -0.39 is 0 Å².